The molecule has 106 valence electrons. The second kappa shape index (κ2) is 5.64. The van der Waals surface area contributed by atoms with Crippen LogP contribution >= 0.6 is 0 Å². The fourth-order valence-corrected chi connectivity index (χ4v) is 1.72. The van der Waals surface area contributed by atoms with Gasteiger partial charge in [-0.2, -0.15) is 5.10 Å². The Morgan fingerprint density at radius 2 is 2.20 bits per heavy atom. The number of aromatic nitrogens is 5. The lowest BCUT2D eigenvalue weighted by Gasteiger charge is -2.09. The summed E-state index contributed by atoms with van der Waals surface area (Å²) in [7, 11) is 0. The van der Waals surface area contributed by atoms with E-state index < -0.39 is 11.5 Å². The summed E-state index contributed by atoms with van der Waals surface area (Å²) in [6.45, 7) is 5.65. The van der Waals surface area contributed by atoms with Crippen LogP contribution in [0.15, 0.2) is 11.1 Å². The molecule has 2 rings (SSSR count). The lowest BCUT2D eigenvalue weighted by Crippen LogP contribution is -2.32. The molecule has 1 amide bonds. The first-order valence-corrected chi connectivity index (χ1v) is 6.22. The fourth-order valence-electron chi connectivity index (χ4n) is 1.72. The van der Waals surface area contributed by atoms with Gasteiger partial charge in [-0.3, -0.25) is 14.7 Å². The molecule has 8 nitrogen and oxygen atoms in total. The van der Waals surface area contributed by atoms with E-state index in [0.717, 1.165) is 0 Å². The maximum absolute atomic E-state index is 12.0. The van der Waals surface area contributed by atoms with Crippen molar-refractivity contribution in [3.8, 4) is 0 Å². The normalized spacial score (nSPS) is 10.8. The van der Waals surface area contributed by atoms with Crippen LogP contribution < -0.4 is 10.9 Å². The van der Waals surface area contributed by atoms with Gasteiger partial charge in [0.1, 0.15) is 23.5 Å². The van der Waals surface area contributed by atoms with Crippen LogP contribution in [0.3, 0.4) is 0 Å². The minimum absolute atomic E-state index is 0.0221. The van der Waals surface area contributed by atoms with Gasteiger partial charge in [-0.1, -0.05) is 13.8 Å². The van der Waals surface area contributed by atoms with Gasteiger partial charge in [0.05, 0.1) is 12.2 Å². The van der Waals surface area contributed by atoms with E-state index in [1.54, 1.807) is 6.92 Å². The summed E-state index contributed by atoms with van der Waals surface area (Å²) in [5, 5.41) is 8.89. The molecule has 0 fully saturated rings. The van der Waals surface area contributed by atoms with E-state index in [-0.39, 0.29) is 18.0 Å². The third-order valence-electron chi connectivity index (χ3n) is 2.77. The third-order valence-corrected chi connectivity index (χ3v) is 2.77. The highest BCUT2D eigenvalue weighted by atomic mass is 16.2. The third kappa shape index (κ3) is 2.90. The highest BCUT2D eigenvalue weighted by Gasteiger charge is 2.17. The van der Waals surface area contributed by atoms with Crippen molar-refractivity contribution in [3.05, 3.63) is 39.6 Å². The van der Waals surface area contributed by atoms with Gasteiger partial charge in [0.2, 0.25) is 0 Å². The number of hydrogen-bond acceptors (Lipinski definition) is 5. The Hall–Kier alpha value is -2.51. The van der Waals surface area contributed by atoms with Crippen molar-refractivity contribution in [2.24, 2.45) is 0 Å². The summed E-state index contributed by atoms with van der Waals surface area (Å²) in [5.41, 5.74) is -0.00212. The Labute approximate surface area is 115 Å². The molecule has 2 heterocycles. The number of carbonyl (C=O) groups excluding carboxylic acids is 1. The minimum Gasteiger partial charge on any atom is -0.345 e. The van der Waals surface area contributed by atoms with Crippen molar-refractivity contribution in [3.63, 3.8) is 0 Å². The summed E-state index contributed by atoms with van der Waals surface area (Å²) >= 11 is 0. The van der Waals surface area contributed by atoms with E-state index in [1.165, 1.54) is 6.33 Å². The SMILES string of the molecule is Cc1nc(C(C)C)[nH]c(=O)c1C(=O)NCc1ncn[nH]1. The molecule has 0 aromatic carbocycles. The zero-order valence-electron chi connectivity index (χ0n) is 11.5. The Morgan fingerprint density at radius 3 is 2.75 bits per heavy atom. The maximum Gasteiger partial charge on any atom is 0.264 e. The number of H-pyrrole nitrogens is 2. The first-order valence-electron chi connectivity index (χ1n) is 6.22. The predicted octanol–water partition coefficient (Wildman–Crippen LogP) is 0.250. The van der Waals surface area contributed by atoms with E-state index >= 15 is 0 Å². The van der Waals surface area contributed by atoms with E-state index in [4.69, 9.17) is 0 Å². The average Bonchev–Trinajstić information content (AvgIpc) is 2.88. The van der Waals surface area contributed by atoms with Crippen molar-refractivity contribution in [1.29, 1.82) is 0 Å². The molecule has 8 heteroatoms. The number of carbonyl (C=O) groups is 1. The summed E-state index contributed by atoms with van der Waals surface area (Å²) in [6, 6.07) is 0. The molecular weight excluding hydrogens is 260 g/mol. The molecule has 0 aliphatic heterocycles. The van der Waals surface area contributed by atoms with Crippen LogP contribution in [-0.4, -0.2) is 31.1 Å². The monoisotopic (exact) mass is 276 g/mol. The molecule has 0 saturated carbocycles. The molecule has 0 bridgehead atoms. The molecule has 0 spiro atoms. The largest absolute Gasteiger partial charge is 0.345 e. The zero-order chi connectivity index (χ0) is 14.7. The summed E-state index contributed by atoms with van der Waals surface area (Å²) in [6.07, 6.45) is 1.35. The van der Waals surface area contributed by atoms with Gasteiger partial charge in [-0.05, 0) is 6.92 Å². The van der Waals surface area contributed by atoms with Gasteiger partial charge in [-0.25, -0.2) is 9.97 Å². The molecule has 2 aromatic rings. The van der Waals surface area contributed by atoms with Gasteiger partial charge < -0.3 is 10.3 Å². The number of aromatic amines is 2. The molecule has 0 saturated heterocycles. The number of nitrogens with one attached hydrogen (secondary N) is 3. The van der Waals surface area contributed by atoms with Crippen molar-refractivity contribution in [2.45, 2.75) is 33.2 Å². The van der Waals surface area contributed by atoms with Crippen LogP contribution in [0.25, 0.3) is 0 Å². The molecule has 2 aromatic heterocycles. The Balaban J connectivity index is 2.20. The number of hydrogen-bond donors (Lipinski definition) is 3. The summed E-state index contributed by atoms with van der Waals surface area (Å²) in [4.78, 5) is 34.8. The van der Waals surface area contributed by atoms with Crippen LogP contribution in [0.4, 0.5) is 0 Å². The number of amides is 1. The fraction of sp³-hybridized carbons (Fsp3) is 0.417. The Bertz CT molecular complexity index is 659. The summed E-state index contributed by atoms with van der Waals surface area (Å²) < 4.78 is 0. The van der Waals surface area contributed by atoms with Crippen molar-refractivity contribution >= 4 is 5.91 Å². The van der Waals surface area contributed by atoms with E-state index in [0.29, 0.717) is 17.3 Å². The molecular formula is C12H16N6O2. The van der Waals surface area contributed by atoms with Crippen molar-refractivity contribution in [2.75, 3.05) is 0 Å². The predicted molar refractivity (Wildman–Crippen MR) is 71.2 cm³/mol. The van der Waals surface area contributed by atoms with E-state index in [2.05, 4.69) is 30.5 Å². The van der Waals surface area contributed by atoms with Gasteiger partial charge in [0.25, 0.3) is 11.5 Å². The van der Waals surface area contributed by atoms with Crippen LogP contribution in [0.5, 0.6) is 0 Å². The van der Waals surface area contributed by atoms with Gasteiger partial charge in [0.15, 0.2) is 0 Å². The molecule has 0 unspecified atom stereocenters. The zero-order valence-corrected chi connectivity index (χ0v) is 11.5. The standard InChI is InChI=1S/C12H16N6O2/c1-6(2)10-16-7(3)9(12(20)17-10)11(19)13-4-8-14-5-15-18-8/h5-6H,4H2,1-3H3,(H,13,19)(H,14,15,18)(H,16,17,20). The number of nitrogens with zero attached hydrogens (tertiary/aromatic N) is 3. The van der Waals surface area contributed by atoms with Gasteiger partial charge in [0, 0.05) is 5.92 Å². The van der Waals surface area contributed by atoms with E-state index in [9.17, 15) is 9.59 Å². The number of rotatable bonds is 4. The lowest BCUT2D eigenvalue weighted by molar-refractivity contribution is 0.0947. The average molecular weight is 276 g/mol. The van der Waals surface area contributed by atoms with Crippen LogP contribution in [-0.2, 0) is 6.54 Å². The first kappa shape index (κ1) is 13.9. The Kier molecular flexibility index (Phi) is 3.92. The topological polar surface area (TPSA) is 116 Å². The van der Waals surface area contributed by atoms with Crippen LogP contribution in [0.2, 0.25) is 0 Å². The number of aryl methyl sites for hydroxylation is 1. The highest BCUT2D eigenvalue weighted by molar-refractivity contribution is 5.94. The smallest absolute Gasteiger partial charge is 0.264 e. The van der Waals surface area contributed by atoms with Crippen molar-refractivity contribution < 1.29 is 4.79 Å². The molecule has 0 aliphatic rings. The van der Waals surface area contributed by atoms with Crippen LogP contribution in [0.1, 0.15) is 47.5 Å². The van der Waals surface area contributed by atoms with Crippen molar-refractivity contribution in [1.82, 2.24) is 30.5 Å². The molecule has 0 radical (unpaired) electrons. The Morgan fingerprint density at radius 1 is 1.45 bits per heavy atom. The minimum atomic E-state index is -0.483. The first-order chi connectivity index (χ1) is 9.49. The summed E-state index contributed by atoms with van der Waals surface area (Å²) in [5.74, 6) is 0.689. The van der Waals surface area contributed by atoms with E-state index in [1.807, 2.05) is 13.8 Å². The quantitative estimate of drug-likeness (QED) is 0.740. The molecule has 0 aliphatic carbocycles. The van der Waals surface area contributed by atoms with Crippen LogP contribution in [0, 0.1) is 6.92 Å². The second-order valence-electron chi connectivity index (χ2n) is 4.68. The molecule has 0 atom stereocenters. The van der Waals surface area contributed by atoms with Gasteiger partial charge in [-0.15, -0.1) is 0 Å². The molecule has 20 heavy (non-hydrogen) atoms. The second-order valence-corrected chi connectivity index (χ2v) is 4.68. The maximum atomic E-state index is 12.0. The van der Waals surface area contributed by atoms with Gasteiger partial charge >= 0.3 is 0 Å². The lowest BCUT2D eigenvalue weighted by atomic mass is 10.1. The highest BCUT2D eigenvalue weighted by Crippen LogP contribution is 2.08. The molecule has 3 N–H and O–H groups in total.